The van der Waals surface area contributed by atoms with Gasteiger partial charge >= 0.3 is 11.9 Å². The Morgan fingerprint density at radius 2 is 2.00 bits per heavy atom. The summed E-state index contributed by atoms with van der Waals surface area (Å²) in [6, 6.07) is 5.46. The highest BCUT2D eigenvalue weighted by atomic mass is 16.5. The molecule has 124 valence electrons. The Bertz CT molecular complexity index is 615. The highest BCUT2D eigenvalue weighted by Gasteiger charge is 2.39. The molecule has 1 fully saturated rings. The molecule has 1 aliphatic carbocycles. The minimum absolute atomic E-state index is 0.0907. The Hall–Kier alpha value is -2.24. The first-order valence-electron chi connectivity index (χ1n) is 7.86. The molecule has 6 nitrogen and oxygen atoms in total. The minimum atomic E-state index is -0.833. The molecule has 0 unspecified atom stereocenters. The molecule has 0 saturated heterocycles. The van der Waals surface area contributed by atoms with Crippen LogP contribution in [0.2, 0.25) is 0 Å². The van der Waals surface area contributed by atoms with E-state index in [1.807, 2.05) is 18.2 Å². The molecule has 3 rings (SSSR count). The Labute approximate surface area is 135 Å². The van der Waals surface area contributed by atoms with Gasteiger partial charge in [-0.1, -0.05) is 6.42 Å². The first-order chi connectivity index (χ1) is 11.1. The lowest BCUT2D eigenvalue weighted by atomic mass is 9.91. The third-order valence-electron chi connectivity index (χ3n) is 4.58. The van der Waals surface area contributed by atoms with Crippen LogP contribution in [0.5, 0.6) is 11.5 Å². The highest BCUT2D eigenvalue weighted by molar-refractivity contribution is 6.32. The zero-order chi connectivity index (χ0) is 16.4. The van der Waals surface area contributed by atoms with Crippen LogP contribution < -0.4 is 9.47 Å². The fourth-order valence-electron chi connectivity index (χ4n) is 3.38. The van der Waals surface area contributed by atoms with Crippen LogP contribution in [0.25, 0.3) is 0 Å². The Morgan fingerprint density at radius 1 is 1.22 bits per heavy atom. The first-order valence-corrected chi connectivity index (χ1v) is 7.86. The summed E-state index contributed by atoms with van der Waals surface area (Å²) < 4.78 is 16.0. The molecular weight excluding hydrogens is 298 g/mol. The molecule has 1 aromatic rings. The number of amides is 1. The van der Waals surface area contributed by atoms with Gasteiger partial charge in [0.25, 0.3) is 0 Å². The molecule has 23 heavy (non-hydrogen) atoms. The van der Waals surface area contributed by atoms with E-state index in [2.05, 4.69) is 4.74 Å². The normalized spacial score (nSPS) is 23.0. The average Bonchev–Trinajstić information content (AvgIpc) is 2.76. The third-order valence-corrected chi connectivity index (χ3v) is 4.58. The maximum atomic E-state index is 12.5. The van der Waals surface area contributed by atoms with Crippen molar-refractivity contribution < 1.29 is 23.8 Å². The zero-order valence-electron chi connectivity index (χ0n) is 13.4. The molecule has 2 aliphatic rings. The van der Waals surface area contributed by atoms with Gasteiger partial charge in [-0.2, -0.15) is 0 Å². The highest BCUT2D eigenvalue weighted by Crippen LogP contribution is 2.36. The molecule has 0 spiro atoms. The summed E-state index contributed by atoms with van der Waals surface area (Å²) in [4.78, 5) is 25.8. The summed E-state index contributed by atoms with van der Waals surface area (Å²) >= 11 is 0. The summed E-state index contributed by atoms with van der Waals surface area (Å²) in [5.41, 5.74) is 0.844. The van der Waals surface area contributed by atoms with Crippen molar-refractivity contribution in [1.82, 2.24) is 4.90 Å². The van der Waals surface area contributed by atoms with Crippen LogP contribution in [0.3, 0.4) is 0 Å². The number of nitrogens with zero attached hydrogens (tertiary/aromatic N) is 1. The third kappa shape index (κ3) is 2.98. The van der Waals surface area contributed by atoms with Crippen LogP contribution in [-0.2, 0) is 20.9 Å². The van der Waals surface area contributed by atoms with Crippen LogP contribution in [0, 0.1) is 0 Å². The molecule has 0 aromatic heterocycles. The van der Waals surface area contributed by atoms with Crippen molar-refractivity contribution in [2.45, 2.75) is 44.4 Å². The van der Waals surface area contributed by atoms with Gasteiger partial charge in [0, 0.05) is 5.56 Å². The van der Waals surface area contributed by atoms with Crippen molar-refractivity contribution in [2.24, 2.45) is 0 Å². The molecule has 0 radical (unpaired) electrons. The number of rotatable bonds is 1. The van der Waals surface area contributed by atoms with Crippen LogP contribution in [0.1, 0.15) is 31.2 Å². The number of esters is 1. The Kier molecular flexibility index (Phi) is 4.41. The van der Waals surface area contributed by atoms with Crippen LogP contribution in [-0.4, -0.2) is 43.1 Å². The predicted molar refractivity (Wildman–Crippen MR) is 82.2 cm³/mol. The van der Waals surface area contributed by atoms with Gasteiger partial charge in [0.15, 0.2) is 0 Å². The monoisotopic (exact) mass is 319 g/mol. The van der Waals surface area contributed by atoms with E-state index >= 15 is 0 Å². The van der Waals surface area contributed by atoms with E-state index in [1.165, 1.54) is 7.11 Å². The maximum Gasteiger partial charge on any atom is 0.396 e. The van der Waals surface area contributed by atoms with Gasteiger partial charge in [-0.25, -0.2) is 4.79 Å². The van der Waals surface area contributed by atoms with Crippen molar-refractivity contribution in [3.8, 4) is 11.5 Å². The summed E-state index contributed by atoms with van der Waals surface area (Å²) in [7, 11) is 2.82. The van der Waals surface area contributed by atoms with Crippen molar-refractivity contribution in [3.63, 3.8) is 0 Å². The van der Waals surface area contributed by atoms with E-state index in [1.54, 1.807) is 12.0 Å². The van der Waals surface area contributed by atoms with Crippen molar-refractivity contribution in [3.05, 3.63) is 23.8 Å². The molecule has 6 heteroatoms. The SMILES string of the molecule is COC(=O)C(=O)N1Cc2cc(OC)ccc2O[C@H]2CCCC[C@H]21. The van der Waals surface area contributed by atoms with E-state index in [0.29, 0.717) is 12.3 Å². The number of hydrogen-bond donors (Lipinski definition) is 0. The number of fused-ring (bicyclic) bond motifs is 2. The van der Waals surface area contributed by atoms with Gasteiger partial charge in [0.05, 0.1) is 26.8 Å². The molecular formula is C17H21NO5. The standard InChI is InChI=1S/C17H21NO5/c1-21-12-7-8-14-11(9-12)10-18(16(19)17(20)22-2)13-5-3-4-6-15(13)23-14/h7-9,13,15H,3-6,10H2,1-2H3/t13-,15+/m1/s1. The Morgan fingerprint density at radius 3 is 2.74 bits per heavy atom. The van der Waals surface area contributed by atoms with E-state index in [9.17, 15) is 9.59 Å². The lowest BCUT2D eigenvalue weighted by Crippen LogP contribution is -2.50. The predicted octanol–water partition coefficient (Wildman–Crippen LogP) is 1.90. The summed E-state index contributed by atoms with van der Waals surface area (Å²) in [6.45, 7) is 0.321. The molecule has 1 heterocycles. The number of hydrogen-bond acceptors (Lipinski definition) is 5. The maximum absolute atomic E-state index is 12.5. The number of ether oxygens (including phenoxy) is 3. The topological polar surface area (TPSA) is 65.1 Å². The summed E-state index contributed by atoms with van der Waals surface area (Å²) in [6.07, 6.45) is 3.70. The van der Waals surface area contributed by atoms with Crippen molar-refractivity contribution in [2.75, 3.05) is 14.2 Å². The molecule has 1 aromatic carbocycles. The fraction of sp³-hybridized carbons (Fsp3) is 0.529. The molecule has 0 bridgehead atoms. The second kappa shape index (κ2) is 6.48. The molecule has 1 aliphatic heterocycles. The number of carbonyl (C=O) groups excluding carboxylic acids is 2. The van der Waals surface area contributed by atoms with Gasteiger partial charge in [-0.3, -0.25) is 4.79 Å². The molecule has 2 atom stereocenters. The van der Waals surface area contributed by atoms with Crippen LogP contribution >= 0.6 is 0 Å². The van der Waals surface area contributed by atoms with Crippen molar-refractivity contribution in [1.29, 1.82) is 0 Å². The van der Waals surface area contributed by atoms with Gasteiger partial charge in [0.2, 0.25) is 0 Å². The van der Waals surface area contributed by atoms with E-state index < -0.39 is 11.9 Å². The van der Waals surface area contributed by atoms with Gasteiger partial charge in [0.1, 0.15) is 17.6 Å². The summed E-state index contributed by atoms with van der Waals surface area (Å²) in [5, 5.41) is 0. The summed E-state index contributed by atoms with van der Waals surface area (Å²) in [5.74, 6) is 0.00916. The van der Waals surface area contributed by atoms with Crippen LogP contribution in [0.15, 0.2) is 18.2 Å². The van der Waals surface area contributed by atoms with Gasteiger partial charge in [-0.15, -0.1) is 0 Å². The fourth-order valence-corrected chi connectivity index (χ4v) is 3.38. The quantitative estimate of drug-likeness (QED) is 0.584. The van der Waals surface area contributed by atoms with E-state index in [4.69, 9.17) is 9.47 Å². The Balaban J connectivity index is 1.98. The average molecular weight is 319 g/mol. The van der Waals surface area contributed by atoms with Gasteiger partial charge < -0.3 is 19.1 Å². The van der Waals surface area contributed by atoms with Gasteiger partial charge in [-0.05, 0) is 37.5 Å². The molecule has 1 amide bonds. The molecule has 1 saturated carbocycles. The smallest absolute Gasteiger partial charge is 0.396 e. The minimum Gasteiger partial charge on any atom is -0.497 e. The second-order valence-electron chi connectivity index (χ2n) is 5.91. The number of benzene rings is 1. The molecule has 0 N–H and O–H groups in total. The van der Waals surface area contributed by atoms with Crippen molar-refractivity contribution >= 4 is 11.9 Å². The second-order valence-corrected chi connectivity index (χ2v) is 5.91. The zero-order valence-corrected chi connectivity index (χ0v) is 13.4. The number of methoxy groups -OCH3 is 2. The lowest BCUT2D eigenvalue weighted by molar-refractivity contribution is -0.161. The largest absolute Gasteiger partial charge is 0.497 e. The van der Waals surface area contributed by atoms with E-state index in [0.717, 1.165) is 37.0 Å². The van der Waals surface area contributed by atoms with Crippen LogP contribution in [0.4, 0.5) is 0 Å². The number of carbonyl (C=O) groups is 2. The first kappa shape index (κ1) is 15.6. The van der Waals surface area contributed by atoms with E-state index in [-0.39, 0.29) is 12.1 Å². The lowest BCUT2D eigenvalue weighted by Gasteiger charge is -2.36.